The van der Waals surface area contributed by atoms with Gasteiger partial charge in [-0.1, -0.05) is 0 Å². The number of nitrogens with zero attached hydrogens (tertiary/aromatic N) is 2. The summed E-state index contributed by atoms with van der Waals surface area (Å²) >= 11 is 1.36. The summed E-state index contributed by atoms with van der Waals surface area (Å²) in [5.41, 5.74) is 0.504. The minimum absolute atomic E-state index is 0.102. The van der Waals surface area contributed by atoms with Gasteiger partial charge in [-0.15, -0.1) is 11.3 Å². The maximum Gasteiger partial charge on any atom is 0.239 e. The first-order valence-corrected chi connectivity index (χ1v) is 7.66. The van der Waals surface area contributed by atoms with Crippen LogP contribution in [0.2, 0.25) is 0 Å². The van der Waals surface area contributed by atoms with Gasteiger partial charge in [0.2, 0.25) is 5.91 Å². The van der Waals surface area contributed by atoms with Gasteiger partial charge in [-0.05, 0) is 43.7 Å². The van der Waals surface area contributed by atoms with Crippen molar-refractivity contribution in [2.45, 2.75) is 25.9 Å². The van der Waals surface area contributed by atoms with Crippen LogP contribution in [0.15, 0.2) is 11.4 Å². The first kappa shape index (κ1) is 15.0. The molecule has 1 saturated heterocycles. The van der Waals surface area contributed by atoms with Crippen molar-refractivity contribution in [3.63, 3.8) is 0 Å². The Balaban J connectivity index is 1.87. The molecule has 20 heavy (non-hydrogen) atoms. The van der Waals surface area contributed by atoms with Crippen LogP contribution in [0.25, 0.3) is 0 Å². The van der Waals surface area contributed by atoms with Crippen molar-refractivity contribution in [1.82, 2.24) is 4.90 Å². The van der Waals surface area contributed by atoms with Gasteiger partial charge in [-0.2, -0.15) is 5.26 Å². The number of nitrogens with one attached hydrogen (secondary N) is 1. The number of nitriles is 1. The highest BCUT2D eigenvalue weighted by Crippen LogP contribution is 2.23. The standard InChI is InChI=1S/C14H19N3O2S/c1-10(18)12-3-2-5-17(8-12)9-13(19)16-14-11(7-15)4-6-20-14/h4,6,10,12,18H,2-3,5,8-9H2,1H3,(H,16,19). The summed E-state index contributed by atoms with van der Waals surface area (Å²) in [7, 11) is 0. The zero-order valence-electron chi connectivity index (χ0n) is 11.5. The second-order valence-corrected chi connectivity index (χ2v) is 6.12. The van der Waals surface area contributed by atoms with E-state index in [1.54, 1.807) is 18.4 Å². The molecule has 2 atom stereocenters. The second-order valence-electron chi connectivity index (χ2n) is 5.20. The van der Waals surface area contributed by atoms with E-state index in [1.165, 1.54) is 11.3 Å². The molecule has 2 heterocycles. The molecule has 0 aliphatic carbocycles. The fourth-order valence-corrected chi connectivity index (χ4v) is 3.25. The largest absolute Gasteiger partial charge is 0.393 e. The highest BCUT2D eigenvalue weighted by atomic mass is 32.1. The number of carbonyl (C=O) groups is 1. The molecule has 1 aliphatic rings. The van der Waals surface area contributed by atoms with E-state index in [-0.39, 0.29) is 17.9 Å². The Labute approximate surface area is 122 Å². The predicted octanol–water partition coefficient (Wildman–Crippen LogP) is 1.65. The lowest BCUT2D eigenvalue weighted by molar-refractivity contribution is -0.118. The van der Waals surface area contributed by atoms with Crippen molar-refractivity contribution in [2.75, 3.05) is 25.0 Å². The quantitative estimate of drug-likeness (QED) is 0.885. The van der Waals surface area contributed by atoms with E-state index >= 15 is 0 Å². The molecular formula is C14H19N3O2S. The fraction of sp³-hybridized carbons (Fsp3) is 0.571. The van der Waals surface area contributed by atoms with Gasteiger partial charge >= 0.3 is 0 Å². The summed E-state index contributed by atoms with van der Waals surface area (Å²) in [4.78, 5) is 14.1. The minimum Gasteiger partial charge on any atom is -0.393 e. The Kier molecular flexibility index (Phi) is 5.12. The van der Waals surface area contributed by atoms with Crippen LogP contribution in [0.3, 0.4) is 0 Å². The summed E-state index contributed by atoms with van der Waals surface area (Å²) < 4.78 is 0. The first-order valence-electron chi connectivity index (χ1n) is 6.78. The molecule has 0 saturated carbocycles. The number of aliphatic hydroxyl groups is 1. The molecule has 2 N–H and O–H groups in total. The topological polar surface area (TPSA) is 76.4 Å². The Bertz CT molecular complexity index is 507. The van der Waals surface area contributed by atoms with E-state index in [1.807, 2.05) is 0 Å². The van der Waals surface area contributed by atoms with Crippen molar-refractivity contribution in [3.05, 3.63) is 17.0 Å². The third-order valence-corrected chi connectivity index (χ3v) is 4.46. The molecule has 1 aliphatic heterocycles. The van der Waals surface area contributed by atoms with E-state index < -0.39 is 0 Å². The van der Waals surface area contributed by atoms with E-state index in [0.29, 0.717) is 17.1 Å². The number of anilines is 1. The summed E-state index contributed by atoms with van der Waals surface area (Å²) in [5.74, 6) is 0.142. The monoisotopic (exact) mass is 293 g/mol. The molecule has 1 aromatic rings. The number of carbonyl (C=O) groups excluding carboxylic acids is 1. The molecule has 0 aromatic carbocycles. The zero-order valence-corrected chi connectivity index (χ0v) is 12.3. The van der Waals surface area contributed by atoms with Crippen molar-refractivity contribution >= 4 is 22.2 Å². The van der Waals surface area contributed by atoms with Gasteiger partial charge in [0, 0.05) is 6.54 Å². The van der Waals surface area contributed by atoms with Crippen LogP contribution in [0.5, 0.6) is 0 Å². The average Bonchev–Trinajstić information content (AvgIpc) is 2.86. The van der Waals surface area contributed by atoms with Crippen LogP contribution >= 0.6 is 11.3 Å². The minimum atomic E-state index is -0.330. The van der Waals surface area contributed by atoms with Crippen molar-refractivity contribution in [1.29, 1.82) is 5.26 Å². The number of amides is 1. The van der Waals surface area contributed by atoms with Gasteiger partial charge in [0.25, 0.3) is 0 Å². The van der Waals surface area contributed by atoms with Crippen molar-refractivity contribution in [3.8, 4) is 6.07 Å². The molecular weight excluding hydrogens is 274 g/mol. The molecule has 6 heteroatoms. The van der Waals surface area contributed by atoms with E-state index in [2.05, 4.69) is 16.3 Å². The van der Waals surface area contributed by atoms with Crippen molar-refractivity contribution < 1.29 is 9.90 Å². The normalized spacial score (nSPS) is 21.1. The van der Waals surface area contributed by atoms with Crippen molar-refractivity contribution in [2.24, 2.45) is 5.92 Å². The highest BCUT2D eigenvalue weighted by Gasteiger charge is 2.24. The molecule has 0 radical (unpaired) electrons. The Hall–Kier alpha value is -1.42. The van der Waals surface area contributed by atoms with Gasteiger partial charge in [0.15, 0.2) is 0 Å². The Morgan fingerprint density at radius 1 is 1.75 bits per heavy atom. The van der Waals surface area contributed by atoms with Crippen LogP contribution in [-0.2, 0) is 4.79 Å². The molecule has 1 fully saturated rings. The number of hydrogen-bond donors (Lipinski definition) is 2. The molecule has 2 rings (SSSR count). The van der Waals surface area contributed by atoms with Crippen LogP contribution in [-0.4, -0.2) is 41.7 Å². The smallest absolute Gasteiger partial charge is 0.239 e. The van der Waals surface area contributed by atoms with Gasteiger partial charge < -0.3 is 10.4 Å². The number of hydrogen-bond acceptors (Lipinski definition) is 5. The lowest BCUT2D eigenvalue weighted by Gasteiger charge is -2.33. The molecule has 5 nitrogen and oxygen atoms in total. The number of rotatable bonds is 4. The molecule has 1 aromatic heterocycles. The molecule has 108 valence electrons. The van der Waals surface area contributed by atoms with Crippen LogP contribution < -0.4 is 5.32 Å². The third-order valence-electron chi connectivity index (χ3n) is 3.63. The maximum atomic E-state index is 12.0. The summed E-state index contributed by atoms with van der Waals surface area (Å²) in [6.45, 7) is 3.75. The number of aliphatic hydroxyl groups excluding tert-OH is 1. The first-order chi connectivity index (χ1) is 9.60. The number of likely N-dealkylation sites (tertiary alicyclic amines) is 1. The van der Waals surface area contributed by atoms with Gasteiger partial charge in [0.1, 0.15) is 11.1 Å². The fourth-order valence-electron chi connectivity index (χ4n) is 2.49. The average molecular weight is 293 g/mol. The van der Waals surface area contributed by atoms with E-state index in [4.69, 9.17) is 5.26 Å². The third kappa shape index (κ3) is 3.79. The van der Waals surface area contributed by atoms with Gasteiger partial charge in [-0.3, -0.25) is 9.69 Å². The highest BCUT2D eigenvalue weighted by molar-refractivity contribution is 7.14. The molecule has 1 amide bonds. The predicted molar refractivity (Wildman–Crippen MR) is 78.5 cm³/mol. The van der Waals surface area contributed by atoms with Crippen LogP contribution in [0.1, 0.15) is 25.3 Å². The zero-order chi connectivity index (χ0) is 14.5. The second kappa shape index (κ2) is 6.84. The van der Waals surface area contributed by atoms with Gasteiger partial charge in [-0.25, -0.2) is 0 Å². The molecule has 0 bridgehead atoms. The van der Waals surface area contributed by atoms with Gasteiger partial charge in [0.05, 0.1) is 18.2 Å². The van der Waals surface area contributed by atoms with E-state index in [0.717, 1.165) is 25.9 Å². The lowest BCUT2D eigenvalue weighted by atomic mass is 9.93. The van der Waals surface area contributed by atoms with Crippen LogP contribution in [0.4, 0.5) is 5.00 Å². The van der Waals surface area contributed by atoms with E-state index in [9.17, 15) is 9.90 Å². The lowest BCUT2D eigenvalue weighted by Crippen LogP contribution is -2.43. The number of thiophene rings is 1. The van der Waals surface area contributed by atoms with Crippen LogP contribution in [0, 0.1) is 17.2 Å². The molecule has 2 unspecified atom stereocenters. The summed E-state index contributed by atoms with van der Waals surface area (Å²) in [6, 6.07) is 3.75. The Morgan fingerprint density at radius 3 is 3.25 bits per heavy atom. The number of piperidine rings is 1. The molecule has 0 spiro atoms. The Morgan fingerprint density at radius 2 is 2.55 bits per heavy atom. The SMILES string of the molecule is CC(O)C1CCCN(CC(=O)Nc2sccc2C#N)C1. The maximum absolute atomic E-state index is 12.0. The summed E-state index contributed by atoms with van der Waals surface area (Å²) in [6.07, 6.45) is 1.69. The summed E-state index contributed by atoms with van der Waals surface area (Å²) in [5, 5.41) is 23.7.